The van der Waals surface area contributed by atoms with Crippen molar-refractivity contribution in [3.63, 3.8) is 0 Å². The first-order valence-corrected chi connectivity index (χ1v) is 9.30. The van der Waals surface area contributed by atoms with E-state index in [0.29, 0.717) is 6.42 Å². The summed E-state index contributed by atoms with van der Waals surface area (Å²) in [7, 11) is 0. The van der Waals surface area contributed by atoms with E-state index in [1.807, 2.05) is 0 Å². The first-order valence-electron chi connectivity index (χ1n) is 9.30. The Bertz CT molecular complexity index is 896. The third-order valence-corrected chi connectivity index (χ3v) is 5.24. The van der Waals surface area contributed by atoms with Crippen molar-refractivity contribution in [2.75, 3.05) is 31.1 Å². The average molecular weight is 383 g/mol. The molecule has 9 heteroatoms. The summed E-state index contributed by atoms with van der Waals surface area (Å²) in [4.78, 5) is 34.0. The van der Waals surface area contributed by atoms with Crippen molar-refractivity contribution >= 4 is 17.5 Å². The predicted molar refractivity (Wildman–Crippen MR) is 101 cm³/mol. The second-order valence-electron chi connectivity index (χ2n) is 7.07. The normalized spacial score (nSPS) is 21.2. The molecular weight excluding hydrogens is 362 g/mol. The topological polar surface area (TPSA) is 110 Å². The van der Waals surface area contributed by atoms with Crippen LogP contribution in [0.1, 0.15) is 47.0 Å². The number of nitro benzene ring substituents is 1. The first kappa shape index (κ1) is 18.3. The highest BCUT2D eigenvalue weighted by atomic mass is 16.6. The summed E-state index contributed by atoms with van der Waals surface area (Å²) in [6.45, 7) is 5.66. The maximum atomic E-state index is 12.5. The highest BCUT2D eigenvalue weighted by molar-refractivity contribution is 5.89. The Hall–Kier alpha value is -3.07. The van der Waals surface area contributed by atoms with E-state index in [1.54, 1.807) is 0 Å². The monoisotopic (exact) mass is 383 g/mol. The van der Waals surface area contributed by atoms with Crippen LogP contribution in [0.25, 0.3) is 0 Å². The highest BCUT2D eigenvalue weighted by Gasteiger charge is 2.36. The molecule has 1 aromatic heterocycles. The number of aromatic nitrogens is 2. The van der Waals surface area contributed by atoms with Crippen LogP contribution in [-0.2, 0) is 4.74 Å². The number of esters is 1. The Balaban J connectivity index is 1.55. The molecule has 2 aromatic rings. The number of carbonyl (C=O) groups excluding carboxylic acids is 1. The fourth-order valence-electron chi connectivity index (χ4n) is 3.83. The van der Waals surface area contributed by atoms with E-state index < -0.39 is 17.0 Å². The van der Waals surface area contributed by atoms with Crippen LogP contribution in [0.4, 0.5) is 11.5 Å². The fourth-order valence-corrected chi connectivity index (χ4v) is 3.83. The van der Waals surface area contributed by atoms with E-state index in [4.69, 9.17) is 4.74 Å². The van der Waals surface area contributed by atoms with E-state index in [1.165, 1.54) is 30.6 Å². The first-order chi connectivity index (χ1) is 13.5. The molecule has 0 unspecified atom stereocenters. The third kappa shape index (κ3) is 3.40. The number of non-ortho nitro benzene ring substituents is 1. The molecule has 0 radical (unpaired) electrons. The summed E-state index contributed by atoms with van der Waals surface area (Å²) >= 11 is 0. The molecule has 0 bridgehead atoms. The number of carbonyl (C=O) groups is 1. The van der Waals surface area contributed by atoms with Gasteiger partial charge in [0.2, 0.25) is 0 Å². The van der Waals surface area contributed by atoms with E-state index in [2.05, 4.69) is 27.1 Å². The lowest BCUT2D eigenvalue weighted by Gasteiger charge is -2.30. The van der Waals surface area contributed by atoms with Gasteiger partial charge in [-0.2, -0.15) is 0 Å². The van der Waals surface area contributed by atoms with Gasteiger partial charge in [-0.3, -0.25) is 10.1 Å². The highest BCUT2D eigenvalue weighted by Crippen LogP contribution is 2.44. The van der Waals surface area contributed by atoms with Crippen molar-refractivity contribution in [2.45, 2.75) is 25.4 Å². The van der Waals surface area contributed by atoms with Crippen molar-refractivity contribution in [1.29, 1.82) is 0 Å². The lowest BCUT2D eigenvalue weighted by Crippen LogP contribution is -2.44. The molecule has 2 heterocycles. The molecule has 9 nitrogen and oxygen atoms in total. The molecule has 1 N–H and O–H groups in total. The number of hydrogen-bond acceptors (Lipinski definition) is 8. The number of nitro groups is 1. The van der Waals surface area contributed by atoms with E-state index >= 15 is 0 Å². The van der Waals surface area contributed by atoms with Gasteiger partial charge in [-0.15, -0.1) is 0 Å². The second kappa shape index (κ2) is 7.51. The van der Waals surface area contributed by atoms with Gasteiger partial charge >= 0.3 is 5.97 Å². The minimum absolute atomic E-state index is 0.0650. The fraction of sp³-hybridized carbons (Fsp3) is 0.421. The quantitative estimate of drug-likeness (QED) is 0.486. The van der Waals surface area contributed by atoms with Gasteiger partial charge in [-0.1, -0.05) is 6.92 Å². The molecule has 0 spiro atoms. The van der Waals surface area contributed by atoms with E-state index in [9.17, 15) is 14.9 Å². The predicted octanol–water partition coefficient (Wildman–Crippen LogP) is 2.20. The van der Waals surface area contributed by atoms with E-state index in [0.717, 1.165) is 43.3 Å². The molecule has 146 valence electrons. The lowest BCUT2D eigenvalue weighted by molar-refractivity contribution is -0.384. The lowest BCUT2D eigenvalue weighted by atomic mass is 10.1. The van der Waals surface area contributed by atoms with Crippen molar-refractivity contribution < 1.29 is 14.5 Å². The number of ether oxygens (including phenoxy) is 1. The van der Waals surface area contributed by atoms with Crippen molar-refractivity contribution in [1.82, 2.24) is 15.3 Å². The molecule has 2 aliphatic rings. The van der Waals surface area contributed by atoms with Crippen LogP contribution >= 0.6 is 0 Å². The number of hydrogen-bond donors (Lipinski definition) is 1. The molecule has 28 heavy (non-hydrogen) atoms. The van der Waals surface area contributed by atoms with Gasteiger partial charge in [-0.05, 0) is 24.5 Å². The molecule has 1 aliphatic carbocycles. The van der Waals surface area contributed by atoms with Crippen LogP contribution in [0.3, 0.4) is 0 Å². The zero-order chi connectivity index (χ0) is 19.7. The number of anilines is 1. The Morgan fingerprint density at radius 3 is 2.64 bits per heavy atom. The average Bonchev–Trinajstić information content (AvgIpc) is 3.04. The molecule has 0 amide bonds. The van der Waals surface area contributed by atoms with Gasteiger partial charge in [0.05, 0.1) is 16.2 Å². The zero-order valence-electron chi connectivity index (χ0n) is 15.5. The number of fused-ring (bicyclic) bond motifs is 1. The van der Waals surface area contributed by atoms with Gasteiger partial charge < -0.3 is 15.0 Å². The number of piperazine rings is 1. The Kier molecular flexibility index (Phi) is 4.91. The molecule has 1 aliphatic heterocycles. The minimum atomic E-state index is -0.512. The van der Waals surface area contributed by atoms with Crippen LogP contribution in [-0.4, -0.2) is 47.0 Å². The van der Waals surface area contributed by atoms with E-state index in [-0.39, 0.29) is 17.2 Å². The summed E-state index contributed by atoms with van der Waals surface area (Å²) < 4.78 is 5.71. The number of benzene rings is 1. The third-order valence-electron chi connectivity index (χ3n) is 5.24. The van der Waals surface area contributed by atoms with Crippen molar-refractivity contribution in [3.05, 3.63) is 57.5 Å². The minimum Gasteiger partial charge on any atom is -0.452 e. The largest absolute Gasteiger partial charge is 0.452 e. The molecule has 1 saturated heterocycles. The Labute approximate surface area is 161 Å². The molecule has 1 aromatic carbocycles. The SMILES string of the molecule is C[C@@H]1C[C@@H](OC(=O)c2ccc([N+](=O)[O-])cc2)c2ncnc(N3CCNCC3)c21. The molecular formula is C19H21N5O4. The smallest absolute Gasteiger partial charge is 0.338 e. The van der Waals surface area contributed by atoms with Gasteiger partial charge in [0.1, 0.15) is 18.2 Å². The van der Waals surface area contributed by atoms with Crippen LogP contribution < -0.4 is 10.2 Å². The summed E-state index contributed by atoms with van der Waals surface area (Å²) in [5.41, 5.74) is 2.02. The maximum absolute atomic E-state index is 12.5. The van der Waals surface area contributed by atoms with Gasteiger partial charge in [0, 0.05) is 43.9 Å². The van der Waals surface area contributed by atoms with Gasteiger partial charge in [-0.25, -0.2) is 14.8 Å². The van der Waals surface area contributed by atoms with Crippen LogP contribution in [0.15, 0.2) is 30.6 Å². The van der Waals surface area contributed by atoms with Gasteiger partial charge in [0.25, 0.3) is 5.69 Å². The van der Waals surface area contributed by atoms with Crippen molar-refractivity contribution in [3.8, 4) is 0 Å². The summed E-state index contributed by atoms with van der Waals surface area (Å²) in [5, 5.41) is 14.1. The molecule has 4 rings (SSSR count). The molecule has 1 fully saturated rings. The molecule has 0 saturated carbocycles. The second-order valence-corrected chi connectivity index (χ2v) is 7.07. The van der Waals surface area contributed by atoms with Gasteiger partial charge in [0.15, 0.2) is 0 Å². The zero-order valence-corrected chi connectivity index (χ0v) is 15.5. The summed E-state index contributed by atoms with van der Waals surface area (Å²) in [6.07, 6.45) is 1.73. The van der Waals surface area contributed by atoms with Crippen LogP contribution in [0, 0.1) is 10.1 Å². The van der Waals surface area contributed by atoms with Crippen LogP contribution in [0.5, 0.6) is 0 Å². The number of rotatable bonds is 4. The standard InChI is InChI=1S/C19H21N5O4/c1-12-10-15(28-19(25)13-2-4-14(5-3-13)24(26)27)17-16(12)18(22-11-21-17)23-8-6-20-7-9-23/h2-5,11-12,15,20H,6-10H2,1H3/t12-,15-/m1/s1. The Morgan fingerprint density at radius 2 is 1.96 bits per heavy atom. The number of nitrogens with zero attached hydrogens (tertiary/aromatic N) is 4. The van der Waals surface area contributed by atoms with Crippen LogP contribution in [0.2, 0.25) is 0 Å². The summed E-state index contributed by atoms with van der Waals surface area (Å²) in [6, 6.07) is 5.41. The maximum Gasteiger partial charge on any atom is 0.338 e. The van der Waals surface area contributed by atoms with Crippen molar-refractivity contribution in [2.24, 2.45) is 0 Å². The summed E-state index contributed by atoms with van der Waals surface area (Å²) in [5.74, 6) is 0.589. The molecule has 2 atom stereocenters. The Morgan fingerprint density at radius 1 is 1.25 bits per heavy atom. The number of nitrogens with one attached hydrogen (secondary N) is 1.